The van der Waals surface area contributed by atoms with Gasteiger partial charge in [-0.25, -0.2) is 0 Å². The first-order valence-electron chi connectivity index (χ1n) is 10.8. The highest BCUT2D eigenvalue weighted by Gasteiger charge is 2.12. The molecule has 7 nitrogen and oxygen atoms in total. The van der Waals surface area contributed by atoms with Gasteiger partial charge in [0.2, 0.25) is 0 Å². The van der Waals surface area contributed by atoms with Crippen molar-refractivity contribution in [2.45, 2.75) is 46.5 Å². The fraction of sp³-hybridized carbons (Fsp3) is 0.375. The topological polar surface area (TPSA) is 88.7 Å². The van der Waals surface area contributed by atoms with Crippen molar-refractivity contribution in [1.82, 2.24) is 16.2 Å². The average Bonchev–Trinajstić information content (AvgIpc) is 2.77. The van der Waals surface area contributed by atoms with Crippen LogP contribution in [0.1, 0.15) is 54.1 Å². The van der Waals surface area contributed by atoms with Crippen molar-refractivity contribution in [3.8, 4) is 11.5 Å². The van der Waals surface area contributed by atoms with Gasteiger partial charge in [-0.15, -0.1) is 0 Å². The predicted octanol–water partition coefficient (Wildman–Crippen LogP) is 4.74. The lowest BCUT2D eigenvalue weighted by molar-refractivity contribution is -0.123. The van der Waals surface area contributed by atoms with Gasteiger partial charge in [-0.3, -0.25) is 25.8 Å². The molecule has 0 aliphatic heterocycles. The molecule has 0 saturated heterocycles. The Bertz CT molecular complexity index is 984. The third-order valence-corrected chi connectivity index (χ3v) is 5.51. The van der Waals surface area contributed by atoms with E-state index in [2.05, 4.69) is 39.0 Å². The van der Waals surface area contributed by atoms with Crippen LogP contribution in [0.3, 0.4) is 0 Å². The first-order valence-corrected chi connectivity index (χ1v) is 12.0. The zero-order chi connectivity index (χ0) is 24.2. The lowest BCUT2D eigenvalue weighted by Gasteiger charge is -2.13. The number of hydrogen-bond donors (Lipinski definition) is 3. The van der Waals surface area contributed by atoms with Gasteiger partial charge in [0, 0.05) is 5.56 Å². The Hall–Kier alpha value is -2.65. The summed E-state index contributed by atoms with van der Waals surface area (Å²) in [6.07, 6.45) is 4.49. The molecule has 0 atom stereocenters. The van der Waals surface area contributed by atoms with Crippen molar-refractivity contribution in [2.75, 3.05) is 13.2 Å². The van der Waals surface area contributed by atoms with Crippen LogP contribution in [0.25, 0.3) is 0 Å². The van der Waals surface area contributed by atoms with Crippen molar-refractivity contribution in [3.05, 3.63) is 57.6 Å². The molecule has 3 N–H and O–H groups in total. The number of unbranched alkanes of at least 4 members (excludes halogenated alkanes) is 3. The summed E-state index contributed by atoms with van der Waals surface area (Å²) in [5.74, 6) is 0.462. The molecule has 2 aromatic carbocycles. The Morgan fingerprint density at radius 1 is 0.970 bits per heavy atom. The Balaban J connectivity index is 1.75. The van der Waals surface area contributed by atoms with Crippen molar-refractivity contribution >= 4 is 45.1 Å². The molecule has 0 heterocycles. The molecule has 2 rings (SSSR count). The highest BCUT2D eigenvalue weighted by Crippen LogP contribution is 2.26. The average molecular weight is 536 g/mol. The largest absolute Gasteiger partial charge is 0.492 e. The van der Waals surface area contributed by atoms with Crippen LogP contribution in [0.2, 0.25) is 0 Å². The van der Waals surface area contributed by atoms with E-state index >= 15 is 0 Å². The number of nitrogens with one attached hydrogen (secondary N) is 3. The second kappa shape index (κ2) is 13.8. The van der Waals surface area contributed by atoms with Gasteiger partial charge >= 0.3 is 0 Å². The summed E-state index contributed by atoms with van der Waals surface area (Å²) in [5, 5.41) is 2.48. The van der Waals surface area contributed by atoms with E-state index in [1.165, 1.54) is 12.8 Å². The second-order valence-electron chi connectivity index (χ2n) is 7.57. The maximum Gasteiger partial charge on any atom is 0.276 e. The summed E-state index contributed by atoms with van der Waals surface area (Å²) in [5.41, 5.74) is 7.35. The molecule has 0 aliphatic rings. The van der Waals surface area contributed by atoms with E-state index in [0.717, 1.165) is 24.0 Å². The van der Waals surface area contributed by atoms with Gasteiger partial charge in [0.05, 0.1) is 11.1 Å². The molecule has 0 spiro atoms. The number of hydrazine groups is 1. The Kier molecular flexibility index (Phi) is 11.1. The first-order chi connectivity index (χ1) is 15.8. The van der Waals surface area contributed by atoms with E-state index in [4.69, 9.17) is 21.7 Å². The monoisotopic (exact) mass is 535 g/mol. The molecule has 0 aromatic heterocycles. The summed E-state index contributed by atoms with van der Waals surface area (Å²) in [4.78, 5) is 24.4. The van der Waals surface area contributed by atoms with Crippen LogP contribution >= 0.6 is 28.1 Å². The third kappa shape index (κ3) is 9.39. The van der Waals surface area contributed by atoms with Gasteiger partial charge in [-0.1, -0.05) is 43.9 Å². The molecular formula is C24H30BrN3O4S. The molecule has 33 heavy (non-hydrogen) atoms. The van der Waals surface area contributed by atoms with Crippen molar-refractivity contribution in [2.24, 2.45) is 0 Å². The predicted molar refractivity (Wildman–Crippen MR) is 137 cm³/mol. The van der Waals surface area contributed by atoms with Crippen LogP contribution in [0.15, 0.2) is 40.9 Å². The molecule has 0 aliphatic carbocycles. The minimum Gasteiger partial charge on any atom is -0.492 e. The van der Waals surface area contributed by atoms with Crippen LogP contribution in [0.4, 0.5) is 0 Å². The highest BCUT2D eigenvalue weighted by molar-refractivity contribution is 9.10. The number of rotatable bonds is 10. The van der Waals surface area contributed by atoms with Crippen molar-refractivity contribution < 1.29 is 19.1 Å². The lowest BCUT2D eigenvalue weighted by atomic mass is 10.1. The van der Waals surface area contributed by atoms with Crippen LogP contribution in [0, 0.1) is 13.8 Å². The lowest BCUT2D eigenvalue weighted by Crippen LogP contribution is -2.49. The van der Waals surface area contributed by atoms with Gasteiger partial charge in [-0.05, 0) is 78.2 Å². The van der Waals surface area contributed by atoms with Crippen LogP contribution in [-0.4, -0.2) is 30.1 Å². The number of ether oxygens (including phenoxy) is 2. The Morgan fingerprint density at radius 2 is 1.73 bits per heavy atom. The molecule has 0 fully saturated rings. The highest BCUT2D eigenvalue weighted by atomic mass is 79.9. The smallest absolute Gasteiger partial charge is 0.276 e. The summed E-state index contributed by atoms with van der Waals surface area (Å²) in [7, 11) is 0. The molecule has 178 valence electrons. The van der Waals surface area contributed by atoms with E-state index in [-0.39, 0.29) is 11.7 Å². The minimum absolute atomic E-state index is 0.0350. The van der Waals surface area contributed by atoms with Gasteiger partial charge in [0.25, 0.3) is 11.8 Å². The molecule has 0 unspecified atom stereocenters. The van der Waals surface area contributed by atoms with E-state index in [1.807, 2.05) is 32.0 Å². The van der Waals surface area contributed by atoms with E-state index in [1.54, 1.807) is 18.2 Å². The van der Waals surface area contributed by atoms with E-state index in [9.17, 15) is 9.59 Å². The van der Waals surface area contributed by atoms with E-state index in [0.29, 0.717) is 28.1 Å². The van der Waals surface area contributed by atoms with Crippen molar-refractivity contribution in [3.63, 3.8) is 0 Å². The number of carbonyl (C=O) groups excluding carboxylic acids is 2. The molecule has 0 saturated carbocycles. The number of thiocarbonyl (C=S) groups is 1. The summed E-state index contributed by atoms with van der Waals surface area (Å²) in [6.45, 7) is 6.50. The molecule has 9 heteroatoms. The summed E-state index contributed by atoms with van der Waals surface area (Å²) < 4.78 is 11.9. The zero-order valence-corrected chi connectivity index (χ0v) is 21.5. The number of benzene rings is 2. The first kappa shape index (κ1) is 26.6. The SMILES string of the molecule is CCCCCCOc1ccc(C(=O)NC(=S)NNC(=O)COc2ccc(C)cc2C)cc1Br. The van der Waals surface area contributed by atoms with Crippen molar-refractivity contribution in [1.29, 1.82) is 0 Å². The van der Waals surface area contributed by atoms with Crippen LogP contribution in [-0.2, 0) is 4.79 Å². The number of amides is 2. The van der Waals surface area contributed by atoms with Gasteiger partial charge < -0.3 is 9.47 Å². The maximum absolute atomic E-state index is 12.4. The standard InChI is InChI=1S/C24H30BrN3O4S/c1-4-5-6-7-12-31-21-11-9-18(14-19(21)25)23(30)26-24(33)28-27-22(29)15-32-20-10-8-16(2)13-17(20)3/h8-11,13-14H,4-7,12,15H2,1-3H3,(H,27,29)(H2,26,28,30,33). The molecule has 2 amide bonds. The summed E-state index contributed by atoms with van der Waals surface area (Å²) >= 11 is 8.51. The third-order valence-electron chi connectivity index (χ3n) is 4.68. The quantitative estimate of drug-likeness (QED) is 0.231. The zero-order valence-electron chi connectivity index (χ0n) is 19.1. The fourth-order valence-electron chi connectivity index (χ4n) is 2.94. The van der Waals surface area contributed by atoms with Gasteiger partial charge in [-0.2, -0.15) is 0 Å². The Morgan fingerprint density at radius 3 is 2.42 bits per heavy atom. The molecule has 0 bridgehead atoms. The molecular weight excluding hydrogens is 506 g/mol. The van der Waals surface area contributed by atoms with E-state index < -0.39 is 11.8 Å². The van der Waals surface area contributed by atoms with Gasteiger partial charge in [0.15, 0.2) is 11.7 Å². The minimum atomic E-state index is -0.435. The van der Waals surface area contributed by atoms with Crippen LogP contribution < -0.4 is 25.6 Å². The number of hydrogen-bond acceptors (Lipinski definition) is 5. The normalized spacial score (nSPS) is 10.3. The van der Waals surface area contributed by atoms with Gasteiger partial charge in [0.1, 0.15) is 11.5 Å². The number of aryl methyl sites for hydroxylation is 2. The molecule has 2 aromatic rings. The Labute approximate surface area is 208 Å². The molecule has 0 radical (unpaired) electrons. The summed E-state index contributed by atoms with van der Waals surface area (Å²) in [6, 6.07) is 10.8. The number of carbonyl (C=O) groups is 2. The van der Waals surface area contributed by atoms with Crippen LogP contribution in [0.5, 0.6) is 11.5 Å². The maximum atomic E-state index is 12.4. The fourth-order valence-corrected chi connectivity index (χ4v) is 3.58. The number of halogens is 1. The second-order valence-corrected chi connectivity index (χ2v) is 8.83.